The van der Waals surface area contributed by atoms with Gasteiger partial charge >= 0.3 is 5.97 Å². The number of nitrogens with two attached hydrogens (primary N) is 1. The number of rotatable bonds is 6. The van der Waals surface area contributed by atoms with Crippen molar-refractivity contribution in [1.29, 1.82) is 0 Å². The van der Waals surface area contributed by atoms with Crippen LogP contribution in [0.3, 0.4) is 0 Å². The minimum absolute atomic E-state index is 0.00403. The van der Waals surface area contributed by atoms with Crippen LogP contribution in [0, 0.1) is 12.7 Å². The van der Waals surface area contributed by atoms with Gasteiger partial charge in [-0.1, -0.05) is 5.16 Å². The molecule has 0 aliphatic rings. The van der Waals surface area contributed by atoms with E-state index in [2.05, 4.69) is 10.1 Å². The third kappa shape index (κ3) is 4.13. The van der Waals surface area contributed by atoms with Crippen LogP contribution >= 0.6 is 11.3 Å². The Morgan fingerprint density at radius 1 is 1.32 bits per heavy atom. The van der Waals surface area contributed by atoms with Crippen molar-refractivity contribution < 1.29 is 23.2 Å². The molecule has 1 aromatic carbocycles. The maximum atomic E-state index is 12.8. The van der Waals surface area contributed by atoms with Crippen molar-refractivity contribution in [3.63, 3.8) is 0 Å². The molecule has 2 aromatic heterocycles. The van der Waals surface area contributed by atoms with Gasteiger partial charge in [-0.3, -0.25) is 0 Å². The van der Waals surface area contributed by atoms with Crippen LogP contribution in [0.15, 0.2) is 34.2 Å². The molecular weight excluding hydrogens is 349 g/mol. The lowest BCUT2D eigenvalue weighted by Gasteiger charge is -2.03. The number of carbonyl (C=O) groups is 1. The Labute approximate surface area is 146 Å². The van der Waals surface area contributed by atoms with E-state index in [1.54, 1.807) is 12.3 Å². The number of hydrogen-bond acceptors (Lipinski definition) is 8. The van der Waals surface area contributed by atoms with Gasteiger partial charge < -0.3 is 19.7 Å². The number of aromatic nitrogens is 2. The average molecular weight is 363 g/mol. The number of carbonyl (C=O) groups excluding carboxylic acids is 1. The molecule has 0 atom stereocenters. The fourth-order valence-electron chi connectivity index (χ4n) is 2.00. The lowest BCUT2D eigenvalue weighted by Crippen LogP contribution is -2.08. The zero-order valence-electron chi connectivity index (χ0n) is 13.2. The van der Waals surface area contributed by atoms with Gasteiger partial charge in [-0.2, -0.15) is 0 Å². The molecule has 0 radical (unpaired) electrons. The van der Waals surface area contributed by atoms with E-state index in [4.69, 9.17) is 19.7 Å². The first-order valence-electron chi connectivity index (χ1n) is 7.23. The van der Waals surface area contributed by atoms with Crippen molar-refractivity contribution >= 4 is 23.2 Å². The summed E-state index contributed by atoms with van der Waals surface area (Å²) in [6, 6.07) is 5.72. The average Bonchev–Trinajstić information content (AvgIpc) is 3.19. The minimum atomic E-state index is -0.617. The molecule has 130 valence electrons. The molecule has 0 spiro atoms. The summed E-state index contributed by atoms with van der Waals surface area (Å²) >= 11 is 1.37. The van der Waals surface area contributed by atoms with Crippen molar-refractivity contribution in [2.45, 2.75) is 20.1 Å². The zero-order valence-corrected chi connectivity index (χ0v) is 14.0. The van der Waals surface area contributed by atoms with Gasteiger partial charge in [0, 0.05) is 5.38 Å². The summed E-state index contributed by atoms with van der Waals surface area (Å²) in [5.74, 6) is -0.472. The number of thiazole rings is 1. The molecule has 3 aromatic rings. The van der Waals surface area contributed by atoms with Gasteiger partial charge in [-0.25, -0.2) is 14.2 Å². The number of nitrogen functional groups attached to an aromatic ring is 1. The minimum Gasteiger partial charge on any atom is -0.486 e. The second kappa shape index (κ2) is 7.31. The summed E-state index contributed by atoms with van der Waals surface area (Å²) in [5.41, 5.74) is 6.61. The lowest BCUT2D eigenvalue weighted by atomic mass is 10.2. The standard InChI is InChI=1S/C16H14FN3O4S/c1-9-14(15(18)24-20-9)16(21)23-6-11-8-25-13(19-11)7-22-12-4-2-10(17)3-5-12/h2-5,8H,6-7,18H2,1H3. The van der Waals surface area contributed by atoms with Gasteiger partial charge in [0.15, 0.2) is 0 Å². The Morgan fingerprint density at radius 2 is 2.08 bits per heavy atom. The van der Waals surface area contributed by atoms with E-state index in [1.807, 2.05) is 0 Å². The second-order valence-corrected chi connectivity index (χ2v) is 6.00. The highest BCUT2D eigenvalue weighted by Gasteiger charge is 2.20. The Balaban J connectivity index is 1.53. The maximum Gasteiger partial charge on any atom is 0.346 e. The van der Waals surface area contributed by atoms with Gasteiger partial charge in [0.2, 0.25) is 5.88 Å². The fraction of sp³-hybridized carbons (Fsp3) is 0.188. The first-order chi connectivity index (χ1) is 12.0. The predicted molar refractivity (Wildman–Crippen MR) is 87.6 cm³/mol. The Morgan fingerprint density at radius 3 is 2.76 bits per heavy atom. The molecule has 9 heteroatoms. The van der Waals surface area contributed by atoms with E-state index in [0.717, 1.165) is 0 Å². The summed E-state index contributed by atoms with van der Waals surface area (Å²) in [5, 5.41) is 6.07. The molecule has 0 saturated heterocycles. The lowest BCUT2D eigenvalue weighted by molar-refractivity contribution is 0.0468. The quantitative estimate of drug-likeness (QED) is 0.672. The summed E-state index contributed by atoms with van der Waals surface area (Å²) in [4.78, 5) is 16.3. The number of esters is 1. The number of hydrogen-bond donors (Lipinski definition) is 1. The van der Waals surface area contributed by atoms with E-state index in [1.165, 1.54) is 35.6 Å². The molecule has 0 aliphatic heterocycles. The summed E-state index contributed by atoms with van der Waals surface area (Å²) in [7, 11) is 0. The van der Waals surface area contributed by atoms with Crippen molar-refractivity contribution in [3.8, 4) is 5.75 Å². The summed E-state index contributed by atoms with van der Waals surface area (Å²) in [6.07, 6.45) is 0. The van der Waals surface area contributed by atoms with Gasteiger partial charge in [0.05, 0.1) is 11.4 Å². The zero-order chi connectivity index (χ0) is 17.8. The van der Waals surface area contributed by atoms with E-state index >= 15 is 0 Å². The van der Waals surface area contributed by atoms with Crippen LogP contribution in [0.5, 0.6) is 5.75 Å². The summed E-state index contributed by atoms with van der Waals surface area (Å²) in [6.45, 7) is 1.84. The first-order valence-corrected chi connectivity index (χ1v) is 8.11. The molecule has 2 heterocycles. The molecule has 0 unspecified atom stereocenters. The molecule has 0 saturated carbocycles. The van der Waals surface area contributed by atoms with Crippen LogP contribution in [0.4, 0.5) is 10.3 Å². The van der Waals surface area contributed by atoms with Crippen LogP contribution in [-0.2, 0) is 18.0 Å². The summed E-state index contributed by atoms with van der Waals surface area (Å²) < 4.78 is 28.2. The first kappa shape index (κ1) is 16.9. The normalized spacial score (nSPS) is 10.6. The van der Waals surface area contributed by atoms with Crippen LogP contribution in [-0.4, -0.2) is 16.1 Å². The maximum absolute atomic E-state index is 12.8. The van der Waals surface area contributed by atoms with Crippen LogP contribution < -0.4 is 10.5 Å². The van der Waals surface area contributed by atoms with Gasteiger partial charge in [-0.05, 0) is 31.2 Å². The van der Waals surface area contributed by atoms with Crippen LogP contribution in [0.2, 0.25) is 0 Å². The number of aryl methyl sites for hydroxylation is 1. The number of benzene rings is 1. The molecule has 0 aliphatic carbocycles. The Hall–Kier alpha value is -2.94. The van der Waals surface area contributed by atoms with E-state index in [-0.39, 0.29) is 30.5 Å². The molecule has 3 rings (SSSR count). The molecule has 0 bridgehead atoms. The Kier molecular flexibility index (Phi) is 4.94. The second-order valence-electron chi connectivity index (χ2n) is 5.06. The number of nitrogens with zero attached hydrogens (tertiary/aromatic N) is 2. The van der Waals surface area contributed by atoms with Crippen molar-refractivity contribution in [2.75, 3.05) is 5.73 Å². The molecule has 0 amide bonds. The molecule has 7 nitrogen and oxygen atoms in total. The number of ether oxygens (including phenoxy) is 2. The SMILES string of the molecule is Cc1noc(N)c1C(=O)OCc1csc(COc2ccc(F)cc2)n1. The number of anilines is 1. The smallest absolute Gasteiger partial charge is 0.346 e. The van der Waals surface area contributed by atoms with Crippen molar-refractivity contribution in [2.24, 2.45) is 0 Å². The molecule has 25 heavy (non-hydrogen) atoms. The van der Waals surface area contributed by atoms with E-state index in [0.29, 0.717) is 22.1 Å². The van der Waals surface area contributed by atoms with Gasteiger partial charge in [-0.15, -0.1) is 11.3 Å². The number of halogens is 1. The topological polar surface area (TPSA) is 100 Å². The largest absolute Gasteiger partial charge is 0.486 e. The predicted octanol–water partition coefficient (Wildman–Crippen LogP) is 3.10. The highest BCUT2D eigenvalue weighted by Crippen LogP contribution is 2.19. The Bertz CT molecular complexity index is 856. The van der Waals surface area contributed by atoms with Gasteiger partial charge in [0.1, 0.15) is 35.4 Å². The highest BCUT2D eigenvalue weighted by atomic mass is 32.1. The van der Waals surface area contributed by atoms with Crippen LogP contribution in [0.1, 0.15) is 26.8 Å². The highest BCUT2D eigenvalue weighted by molar-refractivity contribution is 7.09. The molecule has 2 N–H and O–H groups in total. The van der Waals surface area contributed by atoms with Gasteiger partial charge in [0.25, 0.3) is 0 Å². The van der Waals surface area contributed by atoms with Crippen LogP contribution in [0.25, 0.3) is 0 Å². The third-order valence-corrected chi connectivity index (χ3v) is 4.09. The van der Waals surface area contributed by atoms with Crippen molar-refractivity contribution in [1.82, 2.24) is 10.1 Å². The third-order valence-electron chi connectivity index (χ3n) is 3.22. The van der Waals surface area contributed by atoms with E-state index < -0.39 is 5.97 Å². The fourth-order valence-corrected chi connectivity index (χ4v) is 2.69. The van der Waals surface area contributed by atoms with E-state index in [9.17, 15) is 9.18 Å². The molecular formula is C16H14FN3O4S. The monoisotopic (exact) mass is 363 g/mol. The molecule has 0 fully saturated rings. The van der Waals surface area contributed by atoms with Crippen molar-refractivity contribution in [3.05, 3.63) is 57.4 Å².